The average molecular weight is 387 g/mol. The minimum atomic E-state index is -1.07. The van der Waals surface area contributed by atoms with Crippen LogP contribution in [0.3, 0.4) is 0 Å². The van der Waals surface area contributed by atoms with Gasteiger partial charge in [-0.25, -0.2) is 4.98 Å². The second-order valence-electron chi connectivity index (χ2n) is 7.23. The first-order valence-electron chi connectivity index (χ1n) is 9.58. The Balaban J connectivity index is 2.13. The van der Waals surface area contributed by atoms with Gasteiger partial charge in [-0.2, -0.15) is 0 Å². The van der Waals surface area contributed by atoms with Crippen molar-refractivity contribution in [1.82, 2.24) is 14.9 Å². The summed E-state index contributed by atoms with van der Waals surface area (Å²) in [5, 5.41) is 21.8. The largest absolute Gasteiger partial charge is 0.480 e. The van der Waals surface area contributed by atoms with E-state index in [4.69, 9.17) is 0 Å². The van der Waals surface area contributed by atoms with E-state index in [1.807, 2.05) is 17.6 Å². The van der Waals surface area contributed by atoms with Crippen LogP contribution in [0.4, 0.5) is 0 Å². The Hall–Kier alpha value is -2.67. The highest BCUT2D eigenvalue weighted by atomic mass is 16.4. The monoisotopic (exact) mass is 387 g/mol. The maximum absolute atomic E-state index is 11.7. The molecule has 0 spiro atoms. The zero-order chi connectivity index (χ0) is 20.7. The number of hydrogen-bond donors (Lipinski definition) is 3. The van der Waals surface area contributed by atoms with E-state index in [0.29, 0.717) is 13.0 Å². The minimum Gasteiger partial charge on any atom is -0.480 e. The summed E-state index contributed by atoms with van der Waals surface area (Å²) in [5.74, 6) is -2.09. The van der Waals surface area contributed by atoms with Gasteiger partial charge in [0.25, 0.3) is 0 Å². The SMILES string of the molecule is CCCCC(NC(Cc1cncn1Cc1ccc(C)c(C)c1)C(=O)O)C(=O)O. The lowest BCUT2D eigenvalue weighted by Crippen LogP contribution is -2.48. The summed E-state index contributed by atoms with van der Waals surface area (Å²) in [5.41, 5.74) is 4.27. The van der Waals surface area contributed by atoms with Crippen LogP contribution in [0.25, 0.3) is 0 Å². The van der Waals surface area contributed by atoms with Gasteiger partial charge in [-0.15, -0.1) is 0 Å². The van der Waals surface area contributed by atoms with Crippen LogP contribution in [-0.2, 0) is 22.6 Å². The molecule has 1 aromatic carbocycles. The number of aryl methyl sites for hydroxylation is 2. The van der Waals surface area contributed by atoms with Crippen LogP contribution in [0.2, 0.25) is 0 Å². The number of nitrogens with zero attached hydrogens (tertiary/aromatic N) is 2. The first-order chi connectivity index (χ1) is 13.3. The third kappa shape index (κ3) is 5.92. The molecule has 2 unspecified atom stereocenters. The summed E-state index contributed by atoms with van der Waals surface area (Å²) in [4.78, 5) is 27.3. The van der Waals surface area contributed by atoms with Crippen LogP contribution < -0.4 is 5.32 Å². The highest BCUT2D eigenvalue weighted by Gasteiger charge is 2.26. The molecule has 1 aromatic heterocycles. The number of aromatic nitrogens is 2. The molecule has 0 aliphatic rings. The van der Waals surface area contributed by atoms with Gasteiger partial charge in [0, 0.05) is 24.9 Å². The van der Waals surface area contributed by atoms with Crippen molar-refractivity contribution in [2.24, 2.45) is 0 Å². The van der Waals surface area contributed by atoms with Gasteiger partial charge in [-0.1, -0.05) is 38.0 Å². The Morgan fingerprint density at radius 3 is 2.46 bits per heavy atom. The molecule has 28 heavy (non-hydrogen) atoms. The second kappa shape index (κ2) is 10.0. The molecule has 2 rings (SSSR count). The lowest BCUT2D eigenvalue weighted by Gasteiger charge is -2.21. The van der Waals surface area contributed by atoms with Crippen molar-refractivity contribution in [3.8, 4) is 0 Å². The number of carboxylic acids is 2. The molecule has 0 radical (unpaired) electrons. The Labute approximate surface area is 165 Å². The standard InChI is InChI=1S/C21H29N3O4/c1-4-5-6-18(20(25)26)23-19(21(27)28)10-17-11-22-13-24(17)12-16-8-7-14(2)15(3)9-16/h7-9,11,13,18-19,23H,4-6,10,12H2,1-3H3,(H,25,26)(H,27,28). The van der Waals surface area contributed by atoms with E-state index >= 15 is 0 Å². The summed E-state index contributed by atoms with van der Waals surface area (Å²) in [7, 11) is 0. The lowest BCUT2D eigenvalue weighted by molar-refractivity contribution is -0.142. The maximum Gasteiger partial charge on any atom is 0.321 e. The van der Waals surface area contributed by atoms with Gasteiger partial charge in [-0.05, 0) is 37.0 Å². The molecule has 0 aliphatic carbocycles. The zero-order valence-electron chi connectivity index (χ0n) is 16.7. The number of carbonyl (C=O) groups is 2. The van der Waals surface area contributed by atoms with Gasteiger partial charge < -0.3 is 14.8 Å². The Morgan fingerprint density at radius 1 is 1.14 bits per heavy atom. The van der Waals surface area contributed by atoms with Crippen molar-refractivity contribution in [1.29, 1.82) is 0 Å². The number of unbranched alkanes of at least 4 members (excludes halogenated alkanes) is 1. The van der Waals surface area contributed by atoms with Crippen LogP contribution in [0, 0.1) is 13.8 Å². The fourth-order valence-electron chi connectivity index (χ4n) is 3.11. The van der Waals surface area contributed by atoms with E-state index in [1.54, 1.807) is 12.5 Å². The van der Waals surface area contributed by atoms with Gasteiger partial charge >= 0.3 is 11.9 Å². The highest BCUT2D eigenvalue weighted by Crippen LogP contribution is 2.14. The van der Waals surface area contributed by atoms with E-state index in [9.17, 15) is 19.8 Å². The third-order valence-electron chi connectivity index (χ3n) is 4.98. The molecule has 3 N–H and O–H groups in total. The zero-order valence-corrected chi connectivity index (χ0v) is 16.7. The van der Waals surface area contributed by atoms with Crippen LogP contribution in [0.15, 0.2) is 30.7 Å². The van der Waals surface area contributed by atoms with E-state index in [1.165, 1.54) is 11.1 Å². The number of carboxylic acid groups (broad SMARTS) is 2. The van der Waals surface area contributed by atoms with Crippen molar-refractivity contribution < 1.29 is 19.8 Å². The molecule has 7 heteroatoms. The fraction of sp³-hybridized carbons (Fsp3) is 0.476. The van der Waals surface area contributed by atoms with Crippen molar-refractivity contribution in [3.05, 3.63) is 53.1 Å². The quantitative estimate of drug-likeness (QED) is 0.548. The third-order valence-corrected chi connectivity index (χ3v) is 4.98. The fourth-order valence-corrected chi connectivity index (χ4v) is 3.11. The molecular formula is C21H29N3O4. The van der Waals surface area contributed by atoms with Crippen LogP contribution in [0.5, 0.6) is 0 Å². The Bertz CT molecular complexity index is 816. The second-order valence-corrected chi connectivity index (χ2v) is 7.23. The molecular weight excluding hydrogens is 358 g/mol. The number of aliphatic carboxylic acids is 2. The summed E-state index contributed by atoms with van der Waals surface area (Å²) in [6.45, 7) is 6.67. The van der Waals surface area contributed by atoms with Crippen LogP contribution >= 0.6 is 0 Å². The van der Waals surface area contributed by atoms with Crippen molar-refractivity contribution >= 4 is 11.9 Å². The molecule has 0 amide bonds. The molecule has 0 aliphatic heterocycles. The number of benzene rings is 1. The maximum atomic E-state index is 11.7. The number of rotatable bonds is 11. The van der Waals surface area contributed by atoms with E-state index in [-0.39, 0.29) is 6.42 Å². The molecule has 0 saturated carbocycles. The normalized spacial score (nSPS) is 13.2. The molecule has 1 heterocycles. The molecule has 2 aromatic rings. The minimum absolute atomic E-state index is 0.163. The summed E-state index contributed by atoms with van der Waals surface area (Å²) >= 11 is 0. The number of hydrogen-bond acceptors (Lipinski definition) is 4. The van der Waals surface area contributed by atoms with Crippen molar-refractivity contribution in [3.63, 3.8) is 0 Å². The van der Waals surface area contributed by atoms with Crippen LogP contribution in [0.1, 0.15) is 48.6 Å². The topological polar surface area (TPSA) is 104 Å². The molecule has 7 nitrogen and oxygen atoms in total. The summed E-state index contributed by atoms with van der Waals surface area (Å²) < 4.78 is 1.91. The van der Waals surface area contributed by atoms with Crippen LogP contribution in [-0.4, -0.2) is 43.8 Å². The summed E-state index contributed by atoms with van der Waals surface area (Å²) in [6, 6.07) is 4.35. The van der Waals surface area contributed by atoms with Gasteiger partial charge in [0.05, 0.1) is 6.33 Å². The van der Waals surface area contributed by atoms with Gasteiger partial charge in [-0.3, -0.25) is 14.9 Å². The average Bonchev–Trinajstić information content (AvgIpc) is 3.07. The van der Waals surface area contributed by atoms with Gasteiger partial charge in [0.1, 0.15) is 12.1 Å². The molecule has 152 valence electrons. The molecule has 0 bridgehead atoms. The lowest BCUT2D eigenvalue weighted by atomic mass is 10.1. The number of nitrogens with one attached hydrogen (secondary N) is 1. The smallest absolute Gasteiger partial charge is 0.321 e. The first kappa shape index (κ1) is 21.6. The van der Waals surface area contributed by atoms with Crippen molar-refractivity contribution in [2.45, 2.75) is 65.1 Å². The molecule has 0 saturated heterocycles. The molecule has 0 fully saturated rings. The first-order valence-corrected chi connectivity index (χ1v) is 9.58. The number of imidazole rings is 1. The van der Waals surface area contributed by atoms with Gasteiger partial charge in [0.2, 0.25) is 0 Å². The van der Waals surface area contributed by atoms with E-state index in [2.05, 4.69) is 36.3 Å². The predicted octanol–water partition coefficient (Wildman–Crippen LogP) is 2.78. The van der Waals surface area contributed by atoms with Crippen molar-refractivity contribution in [2.75, 3.05) is 0 Å². The highest BCUT2D eigenvalue weighted by molar-refractivity contribution is 5.77. The van der Waals surface area contributed by atoms with Gasteiger partial charge in [0.15, 0.2) is 0 Å². The predicted molar refractivity (Wildman–Crippen MR) is 106 cm³/mol. The Kier molecular flexibility index (Phi) is 7.75. The summed E-state index contributed by atoms with van der Waals surface area (Å²) in [6.07, 6.45) is 5.45. The molecule has 2 atom stereocenters. The van der Waals surface area contributed by atoms with E-state index < -0.39 is 24.0 Å². The van der Waals surface area contributed by atoms with E-state index in [0.717, 1.165) is 24.1 Å². The Morgan fingerprint density at radius 2 is 1.86 bits per heavy atom.